The van der Waals surface area contributed by atoms with Gasteiger partial charge in [-0.1, -0.05) is 25.7 Å². The first kappa shape index (κ1) is 13.6. The van der Waals surface area contributed by atoms with Crippen molar-refractivity contribution < 1.29 is 0 Å². The normalized spacial score (nSPS) is 46.4. The number of rotatable bonds is 3. The maximum Gasteiger partial charge on any atom is 0.0127 e. The van der Waals surface area contributed by atoms with Crippen LogP contribution in [-0.2, 0) is 0 Å². The van der Waals surface area contributed by atoms with Crippen LogP contribution in [0.5, 0.6) is 0 Å². The maximum atomic E-state index is 4.16. The molecule has 5 aliphatic carbocycles. The molecule has 0 aromatic rings. The minimum absolute atomic E-state index is 0.774. The summed E-state index contributed by atoms with van der Waals surface area (Å²) in [6.45, 7) is 2.50. The maximum absolute atomic E-state index is 4.16. The van der Waals surface area contributed by atoms with Gasteiger partial charge in [-0.3, -0.25) is 0 Å². The summed E-state index contributed by atoms with van der Waals surface area (Å²) in [7, 11) is 0. The molecular formula is C19H33N. The van der Waals surface area contributed by atoms with Crippen LogP contribution < -0.4 is 5.32 Å². The van der Waals surface area contributed by atoms with Crippen LogP contribution in [0.3, 0.4) is 0 Å². The molecule has 4 bridgehead atoms. The fourth-order valence-corrected chi connectivity index (χ4v) is 6.45. The van der Waals surface area contributed by atoms with Crippen LogP contribution in [0.4, 0.5) is 0 Å². The van der Waals surface area contributed by atoms with Crippen LogP contribution >= 0.6 is 0 Å². The van der Waals surface area contributed by atoms with Gasteiger partial charge in [-0.2, -0.15) is 0 Å². The van der Waals surface area contributed by atoms with Crippen molar-refractivity contribution in [2.45, 2.75) is 89.6 Å². The average molecular weight is 275 g/mol. The van der Waals surface area contributed by atoms with Gasteiger partial charge >= 0.3 is 0 Å². The molecule has 0 aromatic carbocycles. The second-order valence-corrected chi connectivity index (χ2v) is 8.66. The van der Waals surface area contributed by atoms with Gasteiger partial charge in [0.05, 0.1) is 0 Å². The molecule has 0 unspecified atom stereocenters. The molecule has 1 heteroatoms. The van der Waals surface area contributed by atoms with E-state index in [4.69, 9.17) is 0 Å². The first-order valence-electron chi connectivity index (χ1n) is 9.55. The standard InChI is InChI=1S/C19H33N/c1-13(16-6-4-2-3-5-7-16)20-19-17-9-14-8-15(11-17)12-18(19)10-14/h13-20H,2-12H2,1H3/t13-,14?,15?,17?,18?,19?/m0/s1. The van der Waals surface area contributed by atoms with Crippen LogP contribution in [0.15, 0.2) is 0 Å². The summed E-state index contributed by atoms with van der Waals surface area (Å²) < 4.78 is 0. The van der Waals surface area contributed by atoms with E-state index in [0.717, 1.165) is 41.7 Å². The van der Waals surface area contributed by atoms with Gasteiger partial charge in [-0.15, -0.1) is 0 Å². The second kappa shape index (κ2) is 5.63. The Morgan fingerprint density at radius 2 is 1.30 bits per heavy atom. The van der Waals surface area contributed by atoms with Gasteiger partial charge < -0.3 is 5.32 Å². The molecule has 114 valence electrons. The highest BCUT2D eigenvalue weighted by Gasteiger charge is 2.48. The first-order chi connectivity index (χ1) is 9.79. The van der Waals surface area contributed by atoms with E-state index in [-0.39, 0.29) is 0 Å². The van der Waals surface area contributed by atoms with Gasteiger partial charge in [0.1, 0.15) is 0 Å². The summed E-state index contributed by atoms with van der Waals surface area (Å²) in [5.41, 5.74) is 0. The molecule has 20 heavy (non-hydrogen) atoms. The lowest BCUT2D eigenvalue weighted by molar-refractivity contribution is -0.0197. The molecule has 0 amide bonds. The van der Waals surface area contributed by atoms with Crippen molar-refractivity contribution in [3.63, 3.8) is 0 Å². The summed E-state index contributed by atoms with van der Waals surface area (Å²) in [5, 5.41) is 4.16. The van der Waals surface area contributed by atoms with E-state index in [1.807, 2.05) is 0 Å². The zero-order valence-corrected chi connectivity index (χ0v) is 13.3. The van der Waals surface area contributed by atoms with E-state index in [9.17, 15) is 0 Å². The van der Waals surface area contributed by atoms with Gasteiger partial charge in [0.15, 0.2) is 0 Å². The number of hydrogen-bond acceptors (Lipinski definition) is 1. The Morgan fingerprint density at radius 1 is 0.750 bits per heavy atom. The Morgan fingerprint density at radius 3 is 1.85 bits per heavy atom. The molecule has 1 atom stereocenters. The molecule has 0 spiro atoms. The largest absolute Gasteiger partial charge is 0.311 e. The Bertz CT molecular complexity index is 301. The first-order valence-corrected chi connectivity index (χ1v) is 9.55. The third-order valence-corrected chi connectivity index (χ3v) is 7.29. The van der Waals surface area contributed by atoms with Gasteiger partial charge in [0, 0.05) is 12.1 Å². The van der Waals surface area contributed by atoms with Crippen molar-refractivity contribution in [2.24, 2.45) is 29.6 Å². The summed E-state index contributed by atoms with van der Waals surface area (Å²) in [4.78, 5) is 0. The van der Waals surface area contributed by atoms with E-state index >= 15 is 0 Å². The molecule has 0 aromatic heterocycles. The fraction of sp³-hybridized carbons (Fsp3) is 1.00. The van der Waals surface area contributed by atoms with E-state index in [1.165, 1.54) is 38.5 Å². The lowest BCUT2D eigenvalue weighted by atomic mass is 9.54. The molecule has 5 rings (SSSR count). The van der Waals surface area contributed by atoms with Gasteiger partial charge in [-0.05, 0) is 81.5 Å². The van der Waals surface area contributed by atoms with E-state index < -0.39 is 0 Å². The molecule has 1 nitrogen and oxygen atoms in total. The Balaban J connectivity index is 1.38. The highest BCUT2D eigenvalue weighted by molar-refractivity contribution is 5.02. The predicted molar refractivity (Wildman–Crippen MR) is 84.6 cm³/mol. The molecule has 1 N–H and O–H groups in total. The molecule has 0 heterocycles. The summed E-state index contributed by atoms with van der Waals surface area (Å²) in [6.07, 6.45) is 16.7. The highest BCUT2D eigenvalue weighted by atomic mass is 15.0. The molecule has 0 saturated heterocycles. The number of hydrogen-bond donors (Lipinski definition) is 1. The van der Waals surface area contributed by atoms with Crippen LogP contribution in [0.25, 0.3) is 0 Å². The van der Waals surface area contributed by atoms with Gasteiger partial charge in [0.25, 0.3) is 0 Å². The van der Waals surface area contributed by atoms with E-state index in [1.54, 1.807) is 32.1 Å². The molecule has 0 radical (unpaired) electrons. The fourth-order valence-electron chi connectivity index (χ4n) is 6.45. The monoisotopic (exact) mass is 275 g/mol. The van der Waals surface area contributed by atoms with Gasteiger partial charge in [-0.25, -0.2) is 0 Å². The van der Waals surface area contributed by atoms with Crippen LogP contribution in [0, 0.1) is 29.6 Å². The Labute approximate surface area is 125 Å². The molecule has 0 aliphatic heterocycles. The lowest BCUT2D eigenvalue weighted by Gasteiger charge is -2.55. The molecular weight excluding hydrogens is 242 g/mol. The van der Waals surface area contributed by atoms with Crippen molar-refractivity contribution >= 4 is 0 Å². The quantitative estimate of drug-likeness (QED) is 0.732. The Hall–Kier alpha value is -0.0400. The zero-order chi connectivity index (χ0) is 13.5. The molecule has 5 fully saturated rings. The van der Waals surface area contributed by atoms with Crippen LogP contribution in [-0.4, -0.2) is 12.1 Å². The minimum Gasteiger partial charge on any atom is -0.311 e. The van der Waals surface area contributed by atoms with E-state index in [0.29, 0.717) is 0 Å². The van der Waals surface area contributed by atoms with Crippen molar-refractivity contribution in [1.29, 1.82) is 0 Å². The SMILES string of the molecule is C[C@H](NC1C2CC3CC(C2)CC1C3)C1CCCCCC1. The summed E-state index contributed by atoms with van der Waals surface area (Å²) in [5.74, 6) is 5.28. The third kappa shape index (κ3) is 2.56. The Kier molecular flexibility index (Phi) is 3.83. The van der Waals surface area contributed by atoms with Crippen molar-refractivity contribution in [1.82, 2.24) is 5.32 Å². The van der Waals surface area contributed by atoms with Crippen molar-refractivity contribution in [3.05, 3.63) is 0 Å². The van der Waals surface area contributed by atoms with E-state index in [2.05, 4.69) is 12.2 Å². The summed E-state index contributed by atoms with van der Waals surface area (Å²) in [6, 6.07) is 1.66. The molecule has 5 saturated carbocycles. The minimum atomic E-state index is 0.774. The zero-order valence-electron chi connectivity index (χ0n) is 13.3. The summed E-state index contributed by atoms with van der Waals surface area (Å²) >= 11 is 0. The average Bonchev–Trinajstić information content (AvgIpc) is 2.71. The van der Waals surface area contributed by atoms with Gasteiger partial charge in [0.2, 0.25) is 0 Å². The highest BCUT2D eigenvalue weighted by Crippen LogP contribution is 2.53. The van der Waals surface area contributed by atoms with Crippen LogP contribution in [0.1, 0.15) is 77.6 Å². The smallest absolute Gasteiger partial charge is 0.0127 e. The van der Waals surface area contributed by atoms with Crippen molar-refractivity contribution in [2.75, 3.05) is 0 Å². The second-order valence-electron chi connectivity index (χ2n) is 8.66. The topological polar surface area (TPSA) is 12.0 Å². The number of nitrogens with one attached hydrogen (secondary N) is 1. The third-order valence-electron chi connectivity index (χ3n) is 7.29. The lowest BCUT2D eigenvalue weighted by Crippen LogP contribution is -2.57. The predicted octanol–water partition coefficient (Wildman–Crippen LogP) is 4.76. The van der Waals surface area contributed by atoms with Crippen LogP contribution in [0.2, 0.25) is 0 Å². The molecule has 5 aliphatic rings. The van der Waals surface area contributed by atoms with Crippen molar-refractivity contribution in [3.8, 4) is 0 Å².